The summed E-state index contributed by atoms with van der Waals surface area (Å²) in [5, 5.41) is 9.37. The topological polar surface area (TPSA) is 147 Å². The number of rotatable bonds is 6. The van der Waals surface area contributed by atoms with E-state index in [1.54, 1.807) is 0 Å². The fourth-order valence-electron chi connectivity index (χ4n) is 1.14. The van der Waals surface area contributed by atoms with Gasteiger partial charge in [0.05, 0.1) is 4.90 Å². The van der Waals surface area contributed by atoms with Crippen molar-refractivity contribution in [3.63, 3.8) is 0 Å². The van der Waals surface area contributed by atoms with Gasteiger partial charge in [-0.05, 0) is 18.2 Å². The Bertz CT molecular complexity index is 709. The summed E-state index contributed by atoms with van der Waals surface area (Å²) in [6.45, 7) is 0. The Morgan fingerprint density at radius 2 is 1.47 bits per heavy atom. The molecule has 0 aromatic heterocycles. The maximum atomic E-state index is 11.5. The zero-order valence-corrected chi connectivity index (χ0v) is 10.7. The molecule has 0 saturated heterocycles. The molecule has 0 aliphatic heterocycles. The van der Waals surface area contributed by atoms with Gasteiger partial charge in [0.2, 0.25) is 12.8 Å². The maximum Gasteiger partial charge on any atom is 0.267 e. The first-order chi connectivity index (χ1) is 8.74. The zero-order valence-electron chi connectivity index (χ0n) is 9.10. The summed E-state index contributed by atoms with van der Waals surface area (Å²) in [7, 11) is -8.62. The van der Waals surface area contributed by atoms with E-state index in [2.05, 4.69) is 0 Å². The fraction of sp³-hybridized carbons (Fsp3) is 0. The van der Waals surface area contributed by atoms with Gasteiger partial charge >= 0.3 is 0 Å². The summed E-state index contributed by atoms with van der Waals surface area (Å²) in [6.07, 6.45) is -0.236. The lowest BCUT2D eigenvalue weighted by Crippen LogP contribution is -2.24. The molecular formula is C8H8N2O7S2. The fourth-order valence-corrected chi connectivity index (χ4v) is 2.87. The minimum Gasteiger partial charge on any atom is -0.507 e. The zero-order chi connectivity index (χ0) is 14.7. The number of carbonyl (C=O) groups excluding carboxylic acids is 2. The van der Waals surface area contributed by atoms with Gasteiger partial charge in [-0.15, -0.1) is 0 Å². The average molecular weight is 308 g/mol. The number of hydrogen-bond acceptors (Lipinski definition) is 7. The first-order valence-corrected chi connectivity index (χ1v) is 7.46. The van der Waals surface area contributed by atoms with Gasteiger partial charge in [-0.1, -0.05) is 0 Å². The highest BCUT2D eigenvalue weighted by Gasteiger charge is 2.22. The molecule has 104 valence electrons. The molecule has 0 bridgehead atoms. The Morgan fingerprint density at radius 1 is 0.947 bits per heavy atom. The van der Waals surface area contributed by atoms with Crippen molar-refractivity contribution in [1.29, 1.82) is 0 Å². The van der Waals surface area contributed by atoms with Crippen LogP contribution in [0.3, 0.4) is 0 Å². The number of hydrogen-bond donors (Lipinski definition) is 3. The third-order valence-corrected chi connectivity index (χ3v) is 4.53. The summed E-state index contributed by atoms with van der Waals surface area (Å²) in [6, 6.07) is 2.30. The van der Waals surface area contributed by atoms with Crippen molar-refractivity contribution in [2.24, 2.45) is 0 Å². The normalized spacial score (nSPS) is 11.6. The third-order valence-electron chi connectivity index (χ3n) is 1.94. The number of carbonyl (C=O) groups is 2. The summed E-state index contributed by atoms with van der Waals surface area (Å²) < 4.78 is 48.9. The number of sulfonamides is 2. The summed E-state index contributed by atoms with van der Waals surface area (Å²) in [4.78, 5) is 18.9. The smallest absolute Gasteiger partial charge is 0.267 e. The monoisotopic (exact) mass is 308 g/mol. The van der Waals surface area contributed by atoms with Crippen LogP contribution < -0.4 is 9.44 Å². The molecule has 0 aliphatic rings. The van der Waals surface area contributed by atoms with Crippen molar-refractivity contribution < 1.29 is 31.5 Å². The van der Waals surface area contributed by atoms with Crippen molar-refractivity contribution in [1.82, 2.24) is 9.44 Å². The van der Waals surface area contributed by atoms with Crippen molar-refractivity contribution in [3.8, 4) is 5.75 Å². The van der Waals surface area contributed by atoms with E-state index in [1.165, 1.54) is 9.44 Å². The summed E-state index contributed by atoms with van der Waals surface area (Å²) in [5.41, 5.74) is 0. The molecule has 1 aromatic carbocycles. The van der Waals surface area contributed by atoms with Gasteiger partial charge in [-0.3, -0.25) is 19.0 Å². The molecule has 19 heavy (non-hydrogen) atoms. The van der Waals surface area contributed by atoms with Crippen LogP contribution in [-0.2, 0) is 29.6 Å². The lowest BCUT2D eigenvalue weighted by Gasteiger charge is -2.08. The van der Waals surface area contributed by atoms with Crippen molar-refractivity contribution in [3.05, 3.63) is 18.2 Å². The van der Waals surface area contributed by atoms with Gasteiger partial charge in [0.15, 0.2) is 0 Å². The molecule has 11 heteroatoms. The van der Waals surface area contributed by atoms with Crippen LogP contribution >= 0.6 is 0 Å². The van der Waals surface area contributed by atoms with Crippen LogP contribution in [0.4, 0.5) is 0 Å². The molecule has 0 saturated carbocycles. The Morgan fingerprint density at radius 3 is 2.00 bits per heavy atom. The van der Waals surface area contributed by atoms with E-state index in [0.717, 1.165) is 12.1 Å². The number of aromatic hydroxyl groups is 1. The van der Waals surface area contributed by atoms with Crippen LogP contribution in [0.2, 0.25) is 0 Å². The second-order valence-corrected chi connectivity index (χ2v) is 6.50. The van der Waals surface area contributed by atoms with E-state index in [-0.39, 0.29) is 12.8 Å². The van der Waals surface area contributed by atoms with Crippen molar-refractivity contribution >= 4 is 32.9 Å². The average Bonchev–Trinajstić information content (AvgIpc) is 2.28. The summed E-state index contributed by atoms with van der Waals surface area (Å²) in [5.74, 6) is -0.751. The van der Waals surface area contributed by atoms with Crippen LogP contribution in [0.1, 0.15) is 0 Å². The molecule has 1 aromatic rings. The highest BCUT2D eigenvalue weighted by atomic mass is 32.2. The minimum atomic E-state index is -4.39. The SMILES string of the molecule is O=CNS(=O)(=O)c1ccc(O)c(S(=O)(=O)NC=O)c1. The molecule has 0 heterocycles. The van der Waals surface area contributed by atoms with Crippen LogP contribution in [0.15, 0.2) is 28.0 Å². The molecule has 0 atom stereocenters. The molecule has 0 fully saturated rings. The van der Waals surface area contributed by atoms with Crippen molar-refractivity contribution in [2.45, 2.75) is 9.79 Å². The van der Waals surface area contributed by atoms with E-state index in [9.17, 15) is 31.5 Å². The first-order valence-electron chi connectivity index (χ1n) is 4.49. The number of phenolic OH excluding ortho intramolecular Hbond substituents is 1. The third kappa shape index (κ3) is 3.20. The number of nitrogens with one attached hydrogen (secondary N) is 2. The molecule has 1 rings (SSSR count). The first kappa shape index (κ1) is 14.9. The molecule has 9 nitrogen and oxygen atoms in total. The Balaban J connectivity index is 3.46. The molecule has 2 amide bonds. The van der Waals surface area contributed by atoms with Gasteiger partial charge in [0, 0.05) is 0 Å². The maximum absolute atomic E-state index is 11.5. The highest BCUT2D eigenvalue weighted by Crippen LogP contribution is 2.25. The highest BCUT2D eigenvalue weighted by molar-refractivity contribution is 7.90. The van der Waals surface area contributed by atoms with Gasteiger partial charge in [0.25, 0.3) is 20.0 Å². The molecule has 3 N–H and O–H groups in total. The standard InChI is InChI=1S/C8H8N2O7S2/c11-4-9-18(14,15)6-1-2-7(13)8(3-6)19(16,17)10-5-12/h1-5,13H,(H,9,11)(H,10,12). The van der Waals surface area contributed by atoms with Gasteiger partial charge in [0.1, 0.15) is 10.6 Å². The second kappa shape index (κ2) is 5.24. The Kier molecular flexibility index (Phi) is 4.11. The van der Waals surface area contributed by atoms with E-state index >= 15 is 0 Å². The molecule has 0 unspecified atom stereocenters. The van der Waals surface area contributed by atoms with E-state index in [0.29, 0.717) is 6.07 Å². The van der Waals surface area contributed by atoms with E-state index in [1.807, 2.05) is 0 Å². The predicted molar refractivity (Wildman–Crippen MR) is 60.9 cm³/mol. The Labute approximate surface area is 108 Å². The lowest BCUT2D eigenvalue weighted by atomic mass is 10.3. The lowest BCUT2D eigenvalue weighted by molar-refractivity contribution is -0.108. The summed E-state index contributed by atoms with van der Waals surface area (Å²) >= 11 is 0. The number of phenols is 1. The van der Waals surface area contributed by atoms with Gasteiger partial charge in [-0.2, -0.15) is 0 Å². The number of benzene rings is 1. The largest absolute Gasteiger partial charge is 0.507 e. The molecule has 0 aliphatic carbocycles. The second-order valence-electron chi connectivity index (χ2n) is 3.11. The van der Waals surface area contributed by atoms with Crippen LogP contribution in [-0.4, -0.2) is 34.8 Å². The van der Waals surface area contributed by atoms with E-state index < -0.39 is 35.6 Å². The van der Waals surface area contributed by atoms with Gasteiger partial charge < -0.3 is 5.11 Å². The number of amides is 2. The van der Waals surface area contributed by atoms with Crippen molar-refractivity contribution in [2.75, 3.05) is 0 Å². The van der Waals surface area contributed by atoms with Crippen LogP contribution in [0.25, 0.3) is 0 Å². The molecule has 0 spiro atoms. The predicted octanol–water partition coefficient (Wildman–Crippen LogP) is -1.74. The van der Waals surface area contributed by atoms with Crippen LogP contribution in [0, 0.1) is 0 Å². The minimum absolute atomic E-state index is 0.0972. The van der Waals surface area contributed by atoms with Gasteiger partial charge in [-0.25, -0.2) is 16.8 Å². The quantitative estimate of drug-likeness (QED) is 0.528. The molecular weight excluding hydrogens is 300 g/mol. The Hall–Kier alpha value is -2.14. The van der Waals surface area contributed by atoms with Crippen LogP contribution in [0.5, 0.6) is 5.75 Å². The van der Waals surface area contributed by atoms with E-state index in [4.69, 9.17) is 0 Å². The molecule has 0 radical (unpaired) electrons.